The van der Waals surface area contributed by atoms with Crippen LogP contribution in [0, 0.1) is 0 Å². The molecule has 0 unspecified atom stereocenters. The fourth-order valence-electron chi connectivity index (χ4n) is 1.74. The van der Waals surface area contributed by atoms with Crippen LogP contribution in [0.4, 0.5) is 0 Å². The molecule has 1 aromatic carbocycles. The molecule has 1 amide bonds. The predicted molar refractivity (Wildman–Crippen MR) is 61.5 cm³/mol. The first-order chi connectivity index (χ1) is 9.10. The zero-order chi connectivity index (χ0) is 13.8. The van der Waals surface area contributed by atoms with E-state index in [-0.39, 0.29) is 19.1 Å². The van der Waals surface area contributed by atoms with Gasteiger partial charge in [-0.2, -0.15) is 0 Å². The van der Waals surface area contributed by atoms with Gasteiger partial charge in [0, 0.05) is 13.3 Å². The summed E-state index contributed by atoms with van der Waals surface area (Å²) in [6.07, 6.45) is 0.216. The van der Waals surface area contributed by atoms with Crippen LogP contribution in [-0.2, 0) is 16.0 Å². The second-order valence-corrected chi connectivity index (χ2v) is 3.96. The highest BCUT2D eigenvalue weighted by atomic mass is 16.7. The van der Waals surface area contributed by atoms with Gasteiger partial charge in [0.25, 0.3) is 1.43 Å². The lowest BCUT2D eigenvalue weighted by atomic mass is 10.1. The maximum absolute atomic E-state index is 11.4. The molecule has 1 aliphatic heterocycles. The molecule has 0 fully saturated rings. The Morgan fingerprint density at radius 1 is 1.50 bits per heavy atom. The number of hydrogen-bond acceptors (Lipinski definition) is 5. The molecule has 6 heteroatoms. The minimum atomic E-state index is -0.893. The van der Waals surface area contributed by atoms with E-state index in [2.05, 4.69) is 10.4 Å². The Bertz CT molecular complexity index is 505. The summed E-state index contributed by atoms with van der Waals surface area (Å²) in [5.74, 6) is 0.0604. The van der Waals surface area contributed by atoms with Gasteiger partial charge in [-0.15, -0.1) is 0 Å². The number of benzene rings is 1. The van der Waals surface area contributed by atoms with Gasteiger partial charge < -0.3 is 19.9 Å². The van der Waals surface area contributed by atoms with Gasteiger partial charge >= 0.3 is 5.97 Å². The normalized spacial score (nSPS) is 14.6. The van der Waals surface area contributed by atoms with Crippen molar-refractivity contribution in [1.29, 1.82) is 1.43 Å². The number of nitrogens with one attached hydrogen (secondary N) is 1. The van der Waals surface area contributed by atoms with E-state index in [1.165, 1.54) is 6.92 Å². The van der Waals surface area contributed by atoms with Gasteiger partial charge in [0.05, 0.1) is 0 Å². The van der Waals surface area contributed by atoms with Crippen molar-refractivity contribution < 1.29 is 24.2 Å². The highest BCUT2D eigenvalue weighted by Gasteiger charge is 2.20. The van der Waals surface area contributed by atoms with E-state index in [4.69, 9.17) is 10.9 Å². The molecule has 2 N–H and O–H groups in total. The number of amides is 1. The molecule has 0 bridgehead atoms. The molecular formula is C12H13NO5. The van der Waals surface area contributed by atoms with Gasteiger partial charge in [-0.3, -0.25) is 4.79 Å². The summed E-state index contributed by atoms with van der Waals surface area (Å²) in [5.41, 5.74) is 0.772. The van der Waals surface area contributed by atoms with Crippen LogP contribution in [0.25, 0.3) is 1.43 Å². The van der Waals surface area contributed by atoms with E-state index in [9.17, 15) is 9.59 Å². The number of carboxylic acid groups (broad SMARTS) is 1. The van der Waals surface area contributed by atoms with E-state index in [1.54, 1.807) is 18.2 Å². The molecule has 0 aliphatic carbocycles. The van der Waals surface area contributed by atoms with E-state index >= 15 is 0 Å². The molecule has 0 spiro atoms. The first-order valence-electron chi connectivity index (χ1n) is 5.83. The molecular weight excluding hydrogens is 238 g/mol. The highest BCUT2D eigenvalue weighted by molar-refractivity contribution is 5.82. The van der Waals surface area contributed by atoms with Crippen molar-refractivity contribution in [2.75, 3.05) is 6.79 Å². The van der Waals surface area contributed by atoms with Crippen molar-refractivity contribution in [1.82, 2.24) is 5.32 Å². The smallest absolute Gasteiger partial charge is 0.326 e. The summed E-state index contributed by atoms with van der Waals surface area (Å²) in [5, 5.41) is 6.36. The van der Waals surface area contributed by atoms with E-state index < -0.39 is 12.0 Å². The van der Waals surface area contributed by atoms with Crippen LogP contribution in [-0.4, -0.2) is 29.8 Å². The Kier molecular flexibility index (Phi) is 2.99. The fraction of sp³-hybridized carbons (Fsp3) is 0.333. The molecule has 1 aromatic rings. The van der Waals surface area contributed by atoms with Crippen molar-refractivity contribution in [3.05, 3.63) is 23.8 Å². The summed E-state index contributed by atoms with van der Waals surface area (Å²) in [6, 6.07) is 4.33. The van der Waals surface area contributed by atoms with E-state index in [0.717, 1.165) is 5.56 Å². The highest BCUT2D eigenvalue weighted by Crippen LogP contribution is 2.32. The molecule has 0 saturated heterocycles. The number of carbonyl (C=O) groups is 2. The van der Waals surface area contributed by atoms with Gasteiger partial charge in [0.15, 0.2) is 11.5 Å². The largest absolute Gasteiger partial charge is 0.480 e. The molecule has 0 saturated carbocycles. The quantitative estimate of drug-likeness (QED) is 0.817. The molecule has 0 aromatic heterocycles. The van der Waals surface area contributed by atoms with E-state index in [0.29, 0.717) is 11.5 Å². The Balaban J connectivity index is 2.12. The van der Waals surface area contributed by atoms with Crippen LogP contribution in [0.3, 0.4) is 0 Å². The topological polar surface area (TPSA) is 84.9 Å². The average molecular weight is 252 g/mol. The SMILES string of the molecule is [2H]OC(=O)[C@@H](Cc1ccc2c(c1)OCO2)NC(C)=O. The van der Waals surface area contributed by atoms with Crippen molar-refractivity contribution >= 4 is 11.9 Å². The summed E-state index contributed by atoms with van der Waals surface area (Å²) < 4.78 is 17.0. The lowest BCUT2D eigenvalue weighted by Crippen LogP contribution is -2.41. The van der Waals surface area contributed by atoms with Crippen molar-refractivity contribution in [3.63, 3.8) is 0 Å². The number of carbonyl (C=O) groups excluding carboxylic acids is 1. The zero-order valence-electron chi connectivity index (χ0n) is 10.8. The van der Waals surface area contributed by atoms with Crippen LogP contribution in [0.5, 0.6) is 11.5 Å². The summed E-state index contributed by atoms with van der Waals surface area (Å²) in [4.78, 5) is 22.4. The molecule has 1 atom stereocenters. The average Bonchev–Trinajstić information content (AvgIpc) is 2.84. The standard InChI is InChI=1S/C12H13NO5/c1-7(14)13-9(12(15)16)4-8-2-3-10-11(5-8)18-6-17-10/h2-3,5,9H,4,6H2,1H3,(H,13,14)(H,15,16)/t9-/m1/s1/i/hD. The van der Waals surface area contributed by atoms with E-state index in [1.807, 2.05) is 0 Å². The lowest BCUT2D eigenvalue weighted by Gasteiger charge is -2.13. The van der Waals surface area contributed by atoms with Crippen LogP contribution < -0.4 is 14.8 Å². The third-order valence-corrected chi connectivity index (χ3v) is 2.54. The monoisotopic (exact) mass is 252 g/mol. The Morgan fingerprint density at radius 3 is 3.00 bits per heavy atom. The van der Waals surface area contributed by atoms with Crippen molar-refractivity contribution in [2.45, 2.75) is 19.4 Å². The summed E-state index contributed by atoms with van der Waals surface area (Å²) in [6.45, 7) is 1.46. The zero-order valence-corrected chi connectivity index (χ0v) is 9.76. The first kappa shape index (κ1) is 10.9. The van der Waals surface area contributed by atoms with Crippen LogP contribution in [0.15, 0.2) is 18.2 Å². The number of rotatable bonds is 4. The molecule has 0 radical (unpaired) electrons. The van der Waals surface area contributed by atoms with Gasteiger partial charge in [-0.05, 0) is 17.7 Å². The lowest BCUT2D eigenvalue weighted by molar-refractivity contribution is -0.141. The maximum Gasteiger partial charge on any atom is 0.326 e. The fourth-order valence-corrected chi connectivity index (χ4v) is 1.74. The molecule has 1 aliphatic rings. The van der Waals surface area contributed by atoms with Crippen molar-refractivity contribution in [3.8, 4) is 11.5 Å². The Hall–Kier alpha value is -2.24. The third kappa shape index (κ3) is 2.71. The number of fused-ring (bicyclic) bond motifs is 1. The van der Waals surface area contributed by atoms with Gasteiger partial charge in [-0.1, -0.05) is 6.07 Å². The Labute approximate surface area is 105 Å². The minimum Gasteiger partial charge on any atom is -0.480 e. The van der Waals surface area contributed by atoms with Crippen LogP contribution in [0.1, 0.15) is 12.5 Å². The van der Waals surface area contributed by atoms with Gasteiger partial charge in [0.2, 0.25) is 12.7 Å². The minimum absolute atomic E-state index is 0.169. The van der Waals surface area contributed by atoms with Crippen LogP contribution >= 0.6 is 0 Å². The molecule has 96 valence electrons. The number of aliphatic carboxylic acids is 1. The number of hydrogen-bond donors (Lipinski definition) is 2. The summed E-state index contributed by atoms with van der Waals surface area (Å²) in [7, 11) is 0. The third-order valence-electron chi connectivity index (χ3n) is 2.54. The van der Waals surface area contributed by atoms with Crippen LogP contribution in [0.2, 0.25) is 0 Å². The van der Waals surface area contributed by atoms with Gasteiger partial charge in [0.1, 0.15) is 6.04 Å². The first-order valence-corrected chi connectivity index (χ1v) is 5.43. The van der Waals surface area contributed by atoms with Gasteiger partial charge in [-0.25, -0.2) is 4.79 Å². The summed E-state index contributed by atoms with van der Waals surface area (Å²) >= 11 is 0. The number of carboxylic acids is 1. The maximum atomic E-state index is 11.4. The number of ether oxygens (including phenoxy) is 2. The molecule has 2 rings (SSSR count). The molecule has 6 nitrogen and oxygen atoms in total. The molecule has 1 heterocycles. The second-order valence-electron chi connectivity index (χ2n) is 3.96. The predicted octanol–water partition coefficient (Wildman–Crippen LogP) is 0.547. The Morgan fingerprint density at radius 2 is 2.28 bits per heavy atom. The molecule has 18 heavy (non-hydrogen) atoms. The van der Waals surface area contributed by atoms with Crippen molar-refractivity contribution in [2.24, 2.45) is 0 Å². The second kappa shape index (κ2) is 4.95.